The van der Waals surface area contributed by atoms with E-state index in [9.17, 15) is 15.0 Å². The lowest BCUT2D eigenvalue weighted by molar-refractivity contribution is -0.180. The SMILES string of the molecule is CCNC1CCC(Cn2cc3c(n2)C=C2[C@@H](C)C[C@@H]4[C@H]([C@@H](O)C[C@@]5(C)[C@H]4CC[C@]5(O)C(C)=O)[C@@]2(C)C3)CC1. The van der Waals surface area contributed by atoms with E-state index < -0.39 is 17.1 Å². The average Bonchev–Trinajstić information content (AvgIpc) is 3.36. The standard InChI is InChI=1S/C32H49N3O3/c1-6-33-23-9-7-21(8-10-23)17-35-18-22-15-30(4)26(14-27(22)34-35)19(2)13-24-25-11-12-32(38,20(3)36)31(25,5)16-28(37)29(24)30/h14,18-19,21,23-25,28-29,33,37-38H,6-13,15-17H2,1-5H3/t19-,21?,23?,24-,25-,28-,29+,30-,31-,32-/m0/s1. The van der Waals surface area contributed by atoms with Gasteiger partial charge in [0.2, 0.25) is 0 Å². The number of nitrogens with one attached hydrogen (secondary N) is 1. The van der Waals surface area contributed by atoms with E-state index in [0.717, 1.165) is 38.0 Å². The zero-order valence-electron chi connectivity index (χ0n) is 24.2. The fourth-order valence-electron chi connectivity index (χ4n) is 10.5. The molecule has 1 aromatic heterocycles. The minimum atomic E-state index is -1.31. The van der Waals surface area contributed by atoms with Gasteiger partial charge in [0.25, 0.3) is 0 Å². The second-order valence-electron chi connectivity index (χ2n) is 14.3. The highest BCUT2D eigenvalue weighted by Crippen LogP contribution is 2.68. The van der Waals surface area contributed by atoms with Crippen molar-refractivity contribution in [1.82, 2.24) is 15.1 Å². The first-order chi connectivity index (χ1) is 18.0. The largest absolute Gasteiger partial charge is 0.393 e. The number of aliphatic hydroxyl groups is 2. The van der Waals surface area contributed by atoms with Gasteiger partial charge in [0, 0.05) is 24.2 Å². The number of nitrogens with zero attached hydrogens (tertiary/aromatic N) is 2. The lowest BCUT2D eigenvalue weighted by Crippen LogP contribution is -2.62. The molecule has 3 N–H and O–H groups in total. The monoisotopic (exact) mass is 523 g/mol. The molecule has 4 fully saturated rings. The van der Waals surface area contributed by atoms with Gasteiger partial charge < -0.3 is 15.5 Å². The van der Waals surface area contributed by atoms with Crippen LogP contribution in [0, 0.1) is 40.4 Å². The molecule has 0 aromatic carbocycles. The van der Waals surface area contributed by atoms with Gasteiger partial charge in [-0.25, -0.2) is 0 Å². The Morgan fingerprint density at radius 3 is 2.63 bits per heavy atom. The molecule has 1 heterocycles. The summed E-state index contributed by atoms with van der Waals surface area (Å²) in [7, 11) is 0. The van der Waals surface area contributed by atoms with Gasteiger partial charge in [0.05, 0.1) is 11.8 Å². The summed E-state index contributed by atoms with van der Waals surface area (Å²) in [6.45, 7) is 12.6. The molecule has 8 atom stereocenters. The average molecular weight is 524 g/mol. The minimum Gasteiger partial charge on any atom is -0.393 e. The summed E-state index contributed by atoms with van der Waals surface area (Å²) in [5, 5.41) is 32.0. The molecule has 6 heteroatoms. The van der Waals surface area contributed by atoms with Crippen LogP contribution in [0.15, 0.2) is 11.8 Å². The van der Waals surface area contributed by atoms with Crippen molar-refractivity contribution < 1.29 is 15.0 Å². The van der Waals surface area contributed by atoms with Crippen LogP contribution in [0.3, 0.4) is 0 Å². The Kier molecular flexibility index (Phi) is 6.52. The molecule has 0 unspecified atom stereocenters. The first-order valence-corrected chi connectivity index (χ1v) is 15.4. The number of hydrogen-bond donors (Lipinski definition) is 3. The van der Waals surface area contributed by atoms with Crippen LogP contribution in [0.2, 0.25) is 0 Å². The van der Waals surface area contributed by atoms with Gasteiger partial charge in [0.1, 0.15) is 5.60 Å². The van der Waals surface area contributed by atoms with E-state index in [1.165, 1.54) is 43.7 Å². The second-order valence-corrected chi connectivity index (χ2v) is 14.3. The summed E-state index contributed by atoms with van der Waals surface area (Å²) in [5.74, 6) is 1.70. The number of aromatic nitrogens is 2. The number of carbonyl (C=O) groups excluding carboxylic acids is 1. The molecule has 0 saturated heterocycles. The number of ketones is 1. The van der Waals surface area contributed by atoms with Crippen molar-refractivity contribution in [1.29, 1.82) is 0 Å². The van der Waals surface area contributed by atoms with Crippen LogP contribution < -0.4 is 5.32 Å². The molecule has 4 saturated carbocycles. The molecule has 6 nitrogen and oxygen atoms in total. The molecule has 1 aromatic rings. The maximum atomic E-state index is 12.6. The Morgan fingerprint density at radius 2 is 1.95 bits per heavy atom. The third-order valence-electron chi connectivity index (χ3n) is 12.2. The molecule has 0 bridgehead atoms. The zero-order valence-corrected chi connectivity index (χ0v) is 24.2. The molecule has 6 rings (SSSR count). The number of aliphatic hydroxyl groups excluding tert-OH is 1. The van der Waals surface area contributed by atoms with E-state index in [4.69, 9.17) is 5.10 Å². The number of rotatable bonds is 5. The van der Waals surface area contributed by atoms with E-state index in [1.807, 2.05) is 0 Å². The Hall–Kier alpha value is -1.50. The van der Waals surface area contributed by atoms with Gasteiger partial charge in [-0.15, -0.1) is 0 Å². The van der Waals surface area contributed by atoms with Crippen molar-refractivity contribution in [3.63, 3.8) is 0 Å². The Bertz CT molecular complexity index is 1120. The minimum absolute atomic E-state index is 0.120. The van der Waals surface area contributed by atoms with Crippen LogP contribution >= 0.6 is 0 Å². The summed E-state index contributed by atoms with van der Waals surface area (Å²) < 4.78 is 2.21. The Morgan fingerprint density at radius 1 is 1.21 bits per heavy atom. The highest BCUT2D eigenvalue weighted by atomic mass is 16.3. The van der Waals surface area contributed by atoms with Gasteiger partial charge in [-0.1, -0.05) is 33.3 Å². The Labute approximate surface area is 228 Å². The van der Waals surface area contributed by atoms with Crippen molar-refractivity contribution >= 4 is 11.9 Å². The first kappa shape index (κ1) is 26.7. The van der Waals surface area contributed by atoms with Crippen LogP contribution in [-0.4, -0.2) is 50.1 Å². The van der Waals surface area contributed by atoms with Crippen LogP contribution in [0.4, 0.5) is 0 Å². The van der Waals surface area contributed by atoms with Crippen molar-refractivity contribution in [3.8, 4) is 0 Å². The van der Waals surface area contributed by atoms with E-state index in [2.05, 4.69) is 50.0 Å². The smallest absolute Gasteiger partial charge is 0.161 e. The summed E-state index contributed by atoms with van der Waals surface area (Å²) >= 11 is 0. The molecular weight excluding hydrogens is 474 g/mol. The number of fused-ring (bicyclic) bond motifs is 6. The van der Waals surface area contributed by atoms with Crippen LogP contribution in [0.1, 0.15) is 97.2 Å². The summed E-state index contributed by atoms with van der Waals surface area (Å²) in [4.78, 5) is 12.6. The highest BCUT2D eigenvalue weighted by molar-refractivity contribution is 5.86. The van der Waals surface area contributed by atoms with Crippen molar-refractivity contribution in [2.45, 2.75) is 117 Å². The van der Waals surface area contributed by atoms with Crippen molar-refractivity contribution in [3.05, 3.63) is 23.0 Å². The molecule has 0 amide bonds. The quantitative estimate of drug-likeness (QED) is 0.518. The molecule has 0 aliphatic heterocycles. The van der Waals surface area contributed by atoms with E-state index in [0.29, 0.717) is 36.6 Å². The summed E-state index contributed by atoms with van der Waals surface area (Å²) in [6, 6.07) is 0.680. The van der Waals surface area contributed by atoms with Crippen LogP contribution in [-0.2, 0) is 17.8 Å². The normalized spacial score (nSPS) is 46.0. The molecule has 5 aliphatic carbocycles. The molecule has 0 radical (unpaired) electrons. The van der Waals surface area contributed by atoms with Crippen molar-refractivity contribution in [2.75, 3.05) is 6.54 Å². The van der Waals surface area contributed by atoms with Gasteiger partial charge in [-0.05, 0) is 118 Å². The lowest BCUT2D eigenvalue weighted by Gasteiger charge is -2.61. The maximum absolute atomic E-state index is 12.6. The summed E-state index contributed by atoms with van der Waals surface area (Å²) in [6.07, 6.45) is 13.0. The van der Waals surface area contributed by atoms with Crippen molar-refractivity contribution in [2.24, 2.45) is 40.4 Å². The zero-order chi connectivity index (χ0) is 27.0. The Balaban J connectivity index is 1.25. The second kappa shape index (κ2) is 9.27. The maximum Gasteiger partial charge on any atom is 0.161 e. The molecule has 210 valence electrons. The summed E-state index contributed by atoms with van der Waals surface area (Å²) in [5.41, 5.74) is 1.92. The van der Waals surface area contributed by atoms with Gasteiger partial charge in [0.15, 0.2) is 5.78 Å². The number of hydrogen-bond acceptors (Lipinski definition) is 5. The third kappa shape index (κ3) is 3.83. The number of Topliss-reactive ketones (excluding diaryl/α,β-unsaturated/α-hetero) is 1. The lowest BCUT2D eigenvalue weighted by atomic mass is 9.44. The fourth-order valence-corrected chi connectivity index (χ4v) is 10.5. The molecular formula is C32H49N3O3. The van der Waals surface area contributed by atoms with E-state index in [-0.39, 0.29) is 23.0 Å². The predicted molar refractivity (Wildman–Crippen MR) is 149 cm³/mol. The number of carbonyl (C=O) groups is 1. The highest BCUT2D eigenvalue weighted by Gasteiger charge is 2.68. The van der Waals surface area contributed by atoms with Gasteiger partial charge >= 0.3 is 0 Å². The van der Waals surface area contributed by atoms with E-state index in [1.54, 1.807) is 0 Å². The first-order valence-electron chi connectivity index (χ1n) is 15.4. The third-order valence-corrected chi connectivity index (χ3v) is 12.2. The number of allylic oxidation sites excluding steroid dienone is 1. The van der Waals surface area contributed by atoms with E-state index >= 15 is 0 Å². The van der Waals surface area contributed by atoms with Gasteiger partial charge in [-0.2, -0.15) is 5.10 Å². The predicted octanol–water partition coefficient (Wildman–Crippen LogP) is 4.77. The van der Waals surface area contributed by atoms with Gasteiger partial charge in [-0.3, -0.25) is 9.48 Å². The topological polar surface area (TPSA) is 87.4 Å². The fraction of sp³-hybridized carbons (Fsp3) is 0.812. The van der Waals surface area contributed by atoms with Crippen LogP contribution in [0.5, 0.6) is 0 Å². The van der Waals surface area contributed by atoms with Crippen LogP contribution in [0.25, 0.3) is 6.08 Å². The molecule has 5 aliphatic rings. The molecule has 38 heavy (non-hydrogen) atoms. The molecule has 0 spiro atoms.